The van der Waals surface area contributed by atoms with E-state index in [9.17, 15) is 20.4 Å². The Bertz CT molecular complexity index is 2510. The number of hydrogen-bond donors (Lipinski definition) is 0. The maximum Gasteiger partial charge on any atom is 3.00 e. The van der Waals surface area contributed by atoms with Crippen LogP contribution in [0.15, 0.2) is 101 Å². The summed E-state index contributed by atoms with van der Waals surface area (Å²) in [4.78, 5) is 11.5. The zero-order chi connectivity index (χ0) is 58.1. The zero-order valence-electron chi connectivity index (χ0n) is 52.2. The molecule has 0 amide bonds. The quantitative estimate of drug-likeness (QED) is 0.0848. The Kier molecular flexibility index (Phi) is 31.5. The van der Waals surface area contributed by atoms with E-state index in [1.54, 1.807) is 31.7 Å². The number of benzene rings is 5. The molecular weight excluding hydrogens is 1190 g/mol. The first kappa shape index (κ1) is 73.8. The Labute approximate surface area is 523 Å². The van der Waals surface area contributed by atoms with Crippen LogP contribution >= 0.6 is 0 Å². The van der Waals surface area contributed by atoms with Crippen molar-refractivity contribution >= 4 is 30.3 Å². The molecule has 0 aromatic heterocycles. The Balaban J connectivity index is 0.000000637. The minimum atomic E-state index is -0.264. The second kappa shape index (κ2) is 33.8. The molecule has 0 unspecified atom stereocenters. The van der Waals surface area contributed by atoms with E-state index in [0.29, 0.717) is 37.4 Å². The largest absolute Gasteiger partial charge is 3.00 e. The average Bonchev–Trinajstić information content (AvgIpc) is 3.32. The van der Waals surface area contributed by atoms with Gasteiger partial charge in [-0.25, -0.2) is 0 Å². The van der Waals surface area contributed by atoms with Crippen LogP contribution in [0.25, 0.3) is 4.65 Å². The van der Waals surface area contributed by atoms with E-state index in [1.807, 2.05) is 56.3 Å². The third-order valence-corrected chi connectivity index (χ3v) is 17.0. The molecule has 0 aliphatic heterocycles. The molecule has 422 valence electrons. The minimum Gasteiger partial charge on any atom is -0.872 e. The number of rotatable bonds is 13. The van der Waals surface area contributed by atoms with Crippen LogP contribution in [0.5, 0.6) is 23.0 Å². The maximum atomic E-state index is 13.7. The molecule has 0 heterocycles. The number of aliphatic imine (C=N–C) groups is 2. The second-order valence-electron chi connectivity index (χ2n) is 25.4. The molecule has 5 aromatic carbocycles. The summed E-state index contributed by atoms with van der Waals surface area (Å²) in [7, 11) is 1.16. The molecule has 0 N–H and O–H groups in total. The molecule has 5 aromatic rings. The van der Waals surface area contributed by atoms with Gasteiger partial charge < -0.3 is 29.8 Å². The van der Waals surface area contributed by atoms with E-state index < -0.39 is 0 Å². The first-order valence-corrected chi connectivity index (χ1v) is 32.5. The van der Waals surface area contributed by atoms with Crippen LogP contribution in [0.2, 0.25) is 26.2 Å². The van der Waals surface area contributed by atoms with Gasteiger partial charge >= 0.3 is 55.1 Å². The fraction of sp³-hybridized carbons (Fsp3) is 0.515. The minimum absolute atomic E-state index is 0. The number of para-hydroxylation sites is 2. The van der Waals surface area contributed by atoms with E-state index in [2.05, 4.69) is 172 Å². The number of aryl methyl sites for hydroxylation is 3. The molecule has 0 saturated heterocycles. The van der Waals surface area contributed by atoms with Crippen LogP contribution in [0.4, 0.5) is 0 Å². The van der Waals surface area contributed by atoms with E-state index >= 15 is 0 Å². The standard InChI is InChI=1S/C33H53NO3.C22H26N2O2.C7H8.C4H12NSi2.La.Zn/c1-30(2,3)24-16-22(28(35)26(18-24)32(7,8)9)20-34(14-15-37-13)21-23-17-25(31(4,5)6)19-27(29(23)36)33(10,11)12;1-15-7-5-9-17(21(15)25)13-23-19-11-3-4-12-20(19)24-14-18-10-6-8-16(2)22(18)26;1-7-5-3-2-4-6-7;1-6(2)5-7(3)4;;/h16-19,35-36H,14-15,20-21H2,1-13H3;5-10,13-14,19-20,25-26H,3-4,11-12H2,1-2H3;2-6H,1H3;1-4H3;;/q;;;-1;+3;+2/p-4/t;19-,20-;;;;/m.1..../s1. The smallest absolute Gasteiger partial charge is 0.872 e. The first-order chi connectivity index (χ1) is 35.7. The van der Waals surface area contributed by atoms with Gasteiger partial charge in [-0.3, -0.25) is 14.9 Å². The molecule has 1 fully saturated rings. The van der Waals surface area contributed by atoms with E-state index in [-0.39, 0.29) is 130 Å². The van der Waals surface area contributed by atoms with Crippen LogP contribution in [0.3, 0.4) is 0 Å². The number of methoxy groups -OCH3 is 1. The van der Waals surface area contributed by atoms with Crippen LogP contribution in [-0.2, 0) is 59.0 Å². The van der Waals surface area contributed by atoms with Gasteiger partial charge in [-0.05, 0) is 99.8 Å². The van der Waals surface area contributed by atoms with Crippen molar-refractivity contribution in [2.45, 2.75) is 203 Å². The van der Waals surface area contributed by atoms with Gasteiger partial charge in [0.2, 0.25) is 0 Å². The Morgan fingerprint density at radius 1 is 0.557 bits per heavy atom. The summed E-state index contributed by atoms with van der Waals surface area (Å²) in [6.07, 6.45) is 7.53. The van der Waals surface area contributed by atoms with E-state index in [1.165, 1.54) is 5.56 Å². The summed E-state index contributed by atoms with van der Waals surface area (Å²) >= 11 is 0. The predicted molar refractivity (Wildman–Crippen MR) is 325 cm³/mol. The first-order valence-electron chi connectivity index (χ1n) is 27.6. The van der Waals surface area contributed by atoms with Crippen molar-refractivity contribution in [3.63, 3.8) is 0 Å². The summed E-state index contributed by atoms with van der Waals surface area (Å²) in [6, 6.07) is 29.7. The molecule has 1 saturated carbocycles. The Morgan fingerprint density at radius 2 is 0.937 bits per heavy atom. The van der Waals surface area contributed by atoms with Crippen molar-refractivity contribution in [3.8, 4) is 23.0 Å². The van der Waals surface area contributed by atoms with Gasteiger partial charge in [0, 0.05) is 39.2 Å². The Morgan fingerprint density at radius 3 is 1.23 bits per heavy atom. The van der Waals surface area contributed by atoms with Crippen molar-refractivity contribution < 1.29 is 80.2 Å². The van der Waals surface area contributed by atoms with Crippen molar-refractivity contribution in [2.24, 2.45) is 9.98 Å². The normalized spacial score (nSPS) is 14.9. The van der Waals surface area contributed by atoms with Gasteiger partial charge in [-0.1, -0.05) is 259 Å². The summed E-state index contributed by atoms with van der Waals surface area (Å²) in [6.45, 7) is 42.4. The molecule has 13 heteroatoms. The van der Waals surface area contributed by atoms with E-state index in [4.69, 9.17) is 4.74 Å². The van der Waals surface area contributed by atoms with E-state index in [0.717, 1.165) is 70.2 Å². The second-order valence-corrected chi connectivity index (χ2v) is 30.0. The van der Waals surface area contributed by atoms with Crippen molar-refractivity contribution in [1.29, 1.82) is 0 Å². The zero-order valence-corrected chi connectivity index (χ0v) is 60.8. The van der Waals surface area contributed by atoms with Gasteiger partial charge in [-0.2, -0.15) is 0 Å². The van der Waals surface area contributed by atoms with Gasteiger partial charge in [0.25, 0.3) is 0 Å². The predicted octanol–water partition coefficient (Wildman–Crippen LogP) is 13.8. The number of hydrogen-bond acceptors (Lipinski definition) is 8. The fourth-order valence-corrected chi connectivity index (χ4v) is 12.4. The summed E-state index contributed by atoms with van der Waals surface area (Å²) < 4.78 is 9.90. The SMILES string of the molecule is COCCN(Cc1cc(C(C)(C)C)cc(C(C)(C)C)c1[O-])Cc1cc(C(C)(C)C)cc(C(C)(C)C)c1[O-].C[Si](C)[N-][Si](C)C.Cc1cccc(C=N[C@@H]2CCCC[C@H]2N=Cc2cccc(C)c2[O-])c1[O-].Cc1ccccc1.[La+3].[Zn+2]. The number of nitrogens with zero attached hydrogens (tertiary/aromatic N) is 4. The molecule has 9 nitrogen and oxygen atoms in total. The summed E-state index contributed by atoms with van der Waals surface area (Å²) in [5.74, 6) is 0.263. The Hall–Kier alpha value is -3.23. The van der Waals surface area contributed by atoms with Crippen LogP contribution in [0, 0.1) is 56.4 Å². The third-order valence-electron chi connectivity index (χ3n) is 13.5. The van der Waals surface area contributed by atoms with Crippen molar-refractivity contribution in [1.82, 2.24) is 4.90 Å². The molecule has 2 atom stereocenters. The molecule has 6 rings (SSSR count). The maximum absolute atomic E-state index is 13.7. The molecular formula is C66H95LaN4O5Si2Zn. The summed E-state index contributed by atoms with van der Waals surface area (Å²) in [5.41, 5.74) is 8.93. The van der Waals surface area contributed by atoms with Gasteiger partial charge in [-0.15, -0.1) is 11.5 Å². The summed E-state index contributed by atoms with van der Waals surface area (Å²) in [5, 5.41) is 51.6. The third kappa shape index (κ3) is 25.0. The molecule has 1 aliphatic carbocycles. The molecule has 0 spiro atoms. The molecule has 79 heavy (non-hydrogen) atoms. The fourth-order valence-electron chi connectivity index (χ4n) is 8.84. The van der Waals surface area contributed by atoms with Gasteiger partial charge in [0.1, 0.15) is 0 Å². The topological polar surface area (TPSA) is 144 Å². The number of ether oxygens (including phenoxy) is 1. The monoisotopic (exact) mass is 1280 g/mol. The van der Waals surface area contributed by atoms with Crippen LogP contribution < -0.4 is 20.4 Å². The van der Waals surface area contributed by atoms with Crippen LogP contribution in [0.1, 0.15) is 170 Å². The molecule has 0 bridgehead atoms. The molecule has 1 aliphatic rings. The van der Waals surface area contributed by atoms with Crippen molar-refractivity contribution in [2.75, 3.05) is 20.3 Å². The van der Waals surface area contributed by atoms with Gasteiger partial charge in [0.05, 0.1) is 18.7 Å². The van der Waals surface area contributed by atoms with Gasteiger partial charge in [0.15, 0.2) is 0 Å². The molecule has 2 radical (unpaired) electrons. The van der Waals surface area contributed by atoms with Crippen molar-refractivity contribution in [3.05, 3.63) is 157 Å². The van der Waals surface area contributed by atoms with Crippen LogP contribution in [-0.4, -0.2) is 67.6 Å². The average molecular weight is 1280 g/mol.